The fraction of sp³-hybridized carbons (Fsp3) is 0.643. The maximum Gasteiger partial charge on any atom is 0.227 e. The lowest BCUT2D eigenvalue weighted by molar-refractivity contribution is -0.129. The summed E-state index contributed by atoms with van der Waals surface area (Å²) in [6, 6.07) is 2.30. The van der Waals surface area contributed by atoms with Crippen LogP contribution in [0.3, 0.4) is 0 Å². The fourth-order valence-corrected chi connectivity index (χ4v) is 2.52. The zero-order chi connectivity index (χ0) is 14.8. The van der Waals surface area contributed by atoms with Crippen LogP contribution in [-0.4, -0.2) is 66.2 Å². The molecule has 7 heteroatoms. The van der Waals surface area contributed by atoms with Crippen molar-refractivity contribution >= 4 is 17.7 Å². The molecule has 2 aliphatic rings. The number of amides is 1. The van der Waals surface area contributed by atoms with Gasteiger partial charge < -0.3 is 19.9 Å². The number of nitrogens with one attached hydrogen (secondary N) is 1. The Morgan fingerprint density at radius 2 is 2.00 bits per heavy atom. The zero-order valence-corrected chi connectivity index (χ0v) is 12.5. The van der Waals surface area contributed by atoms with E-state index in [0.29, 0.717) is 6.04 Å². The molecule has 0 spiro atoms. The first-order valence-electron chi connectivity index (χ1n) is 7.32. The minimum Gasteiger partial charge on any atom is -0.377 e. The quantitative estimate of drug-likeness (QED) is 0.861. The molecule has 2 aliphatic heterocycles. The van der Waals surface area contributed by atoms with Crippen LogP contribution in [0.2, 0.25) is 0 Å². The van der Waals surface area contributed by atoms with Crippen LogP contribution in [0.25, 0.3) is 0 Å². The number of nitrogens with zero attached hydrogens (tertiary/aromatic N) is 4. The molecule has 7 nitrogen and oxygen atoms in total. The van der Waals surface area contributed by atoms with Crippen molar-refractivity contribution in [3.63, 3.8) is 0 Å². The lowest BCUT2D eigenvalue weighted by Gasteiger charge is -2.34. The summed E-state index contributed by atoms with van der Waals surface area (Å²) in [6.07, 6.45) is 0. The van der Waals surface area contributed by atoms with Gasteiger partial charge in [-0.2, -0.15) is 4.98 Å². The van der Waals surface area contributed by atoms with E-state index in [-0.39, 0.29) is 5.91 Å². The van der Waals surface area contributed by atoms with Crippen LogP contribution in [-0.2, 0) is 9.53 Å². The van der Waals surface area contributed by atoms with Gasteiger partial charge in [-0.05, 0) is 6.92 Å². The lowest BCUT2D eigenvalue weighted by Crippen LogP contribution is -2.48. The number of hydrogen-bond donors (Lipinski definition) is 1. The molecule has 1 aromatic rings. The van der Waals surface area contributed by atoms with Gasteiger partial charge in [-0.25, -0.2) is 4.98 Å². The first kappa shape index (κ1) is 14.1. The van der Waals surface area contributed by atoms with Gasteiger partial charge in [0, 0.05) is 44.9 Å². The van der Waals surface area contributed by atoms with E-state index in [1.54, 1.807) is 6.92 Å². The zero-order valence-electron chi connectivity index (χ0n) is 12.5. The van der Waals surface area contributed by atoms with Crippen molar-refractivity contribution in [1.29, 1.82) is 0 Å². The molecule has 21 heavy (non-hydrogen) atoms. The molecule has 1 N–H and O–H groups in total. The van der Waals surface area contributed by atoms with E-state index in [1.165, 1.54) is 0 Å². The number of hydrogen-bond acceptors (Lipinski definition) is 6. The Morgan fingerprint density at radius 3 is 2.57 bits per heavy atom. The van der Waals surface area contributed by atoms with Gasteiger partial charge in [0.25, 0.3) is 0 Å². The van der Waals surface area contributed by atoms with Crippen molar-refractivity contribution in [2.24, 2.45) is 0 Å². The predicted octanol–water partition coefficient (Wildman–Crippen LogP) is 0.264. The van der Waals surface area contributed by atoms with Gasteiger partial charge in [-0.1, -0.05) is 0 Å². The molecule has 0 radical (unpaired) electrons. The van der Waals surface area contributed by atoms with Gasteiger partial charge in [0.15, 0.2) is 0 Å². The van der Waals surface area contributed by atoms with Gasteiger partial charge in [0.05, 0.1) is 19.3 Å². The van der Waals surface area contributed by atoms with E-state index in [1.807, 2.05) is 17.9 Å². The molecule has 0 atom stereocenters. The Morgan fingerprint density at radius 1 is 1.29 bits per heavy atom. The topological polar surface area (TPSA) is 70.6 Å². The third-order valence-corrected chi connectivity index (χ3v) is 3.84. The van der Waals surface area contributed by atoms with Gasteiger partial charge >= 0.3 is 0 Å². The Bertz CT molecular complexity index is 524. The van der Waals surface area contributed by atoms with E-state index in [4.69, 9.17) is 4.74 Å². The second-order valence-electron chi connectivity index (χ2n) is 5.57. The predicted molar refractivity (Wildman–Crippen MR) is 79.5 cm³/mol. The highest BCUT2D eigenvalue weighted by Gasteiger charge is 2.22. The highest BCUT2D eigenvalue weighted by Crippen LogP contribution is 2.17. The number of piperazine rings is 1. The number of anilines is 2. The molecule has 0 unspecified atom stereocenters. The number of ether oxygens (including phenoxy) is 1. The van der Waals surface area contributed by atoms with Crippen LogP contribution in [0.4, 0.5) is 11.8 Å². The van der Waals surface area contributed by atoms with E-state index in [9.17, 15) is 4.79 Å². The number of carbonyl (C=O) groups excluding carboxylic acids is 1. The molecule has 2 saturated heterocycles. The monoisotopic (exact) mass is 291 g/mol. The number of aromatic nitrogens is 2. The van der Waals surface area contributed by atoms with Crippen LogP contribution in [0, 0.1) is 6.92 Å². The van der Waals surface area contributed by atoms with Crippen LogP contribution in [0.5, 0.6) is 0 Å². The summed E-state index contributed by atoms with van der Waals surface area (Å²) in [5.41, 5.74) is 0.941. The molecule has 0 aliphatic carbocycles. The van der Waals surface area contributed by atoms with Crippen molar-refractivity contribution in [3.8, 4) is 0 Å². The van der Waals surface area contributed by atoms with Gasteiger partial charge in [-0.3, -0.25) is 4.79 Å². The molecule has 2 fully saturated rings. The van der Waals surface area contributed by atoms with Crippen molar-refractivity contribution in [3.05, 3.63) is 11.8 Å². The summed E-state index contributed by atoms with van der Waals surface area (Å²) in [7, 11) is 0. The van der Waals surface area contributed by atoms with Crippen LogP contribution >= 0.6 is 0 Å². The SMILES string of the molecule is CC(=O)N1CCN(c2nc(C)cc(NC3COC3)n2)CC1. The number of rotatable bonds is 3. The maximum atomic E-state index is 11.4. The van der Waals surface area contributed by atoms with E-state index in [0.717, 1.165) is 56.9 Å². The molecule has 0 bridgehead atoms. The van der Waals surface area contributed by atoms with Gasteiger partial charge in [0.2, 0.25) is 11.9 Å². The Labute approximate surface area is 124 Å². The second-order valence-corrected chi connectivity index (χ2v) is 5.57. The van der Waals surface area contributed by atoms with Crippen molar-refractivity contribution < 1.29 is 9.53 Å². The number of aryl methyl sites for hydroxylation is 1. The summed E-state index contributed by atoms with van der Waals surface area (Å²) in [4.78, 5) is 24.5. The second kappa shape index (κ2) is 5.85. The smallest absolute Gasteiger partial charge is 0.227 e. The Balaban J connectivity index is 1.68. The molecule has 0 aromatic carbocycles. The summed E-state index contributed by atoms with van der Waals surface area (Å²) >= 11 is 0. The average molecular weight is 291 g/mol. The molecule has 114 valence electrons. The lowest BCUT2D eigenvalue weighted by atomic mass is 10.2. The summed E-state index contributed by atoms with van der Waals surface area (Å²) in [6.45, 7) is 8.05. The van der Waals surface area contributed by atoms with E-state index in [2.05, 4.69) is 20.2 Å². The highest BCUT2D eigenvalue weighted by molar-refractivity contribution is 5.73. The molecular weight excluding hydrogens is 270 g/mol. The first-order valence-corrected chi connectivity index (χ1v) is 7.32. The van der Waals surface area contributed by atoms with Crippen LogP contribution in [0.15, 0.2) is 6.07 Å². The van der Waals surface area contributed by atoms with Gasteiger partial charge in [0.1, 0.15) is 5.82 Å². The van der Waals surface area contributed by atoms with Crippen LogP contribution in [0.1, 0.15) is 12.6 Å². The summed E-state index contributed by atoms with van der Waals surface area (Å²) < 4.78 is 5.16. The Hall–Kier alpha value is -1.89. The molecular formula is C14H21N5O2. The maximum absolute atomic E-state index is 11.4. The third kappa shape index (κ3) is 3.24. The minimum absolute atomic E-state index is 0.132. The average Bonchev–Trinajstić information content (AvgIpc) is 2.42. The summed E-state index contributed by atoms with van der Waals surface area (Å²) in [5, 5.41) is 3.36. The molecule has 1 aromatic heterocycles. The minimum atomic E-state index is 0.132. The molecule has 3 rings (SSSR count). The van der Waals surface area contributed by atoms with Crippen molar-refractivity contribution in [1.82, 2.24) is 14.9 Å². The van der Waals surface area contributed by atoms with Crippen LogP contribution < -0.4 is 10.2 Å². The number of carbonyl (C=O) groups is 1. The van der Waals surface area contributed by atoms with E-state index < -0.39 is 0 Å². The standard InChI is InChI=1S/C14H21N5O2/c1-10-7-13(16-12-8-21-9-12)17-14(15-10)19-5-3-18(4-6-19)11(2)20/h7,12H,3-6,8-9H2,1-2H3,(H,15,16,17). The molecule has 0 saturated carbocycles. The van der Waals surface area contributed by atoms with E-state index >= 15 is 0 Å². The van der Waals surface area contributed by atoms with Crippen molar-refractivity contribution in [2.75, 3.05) is 49.6 Å². The third-order valence-electron chi connectivity index (χ3n) is 3.84. The molecule has 1 amide bonds. The fourth-order valence-electron chi connectivity index (χ4n) is 2.52. The molecule has 3 heterocycles. The highest BCUT2D eigenvalue weighted by atomic mass is 16.5. The van der Waals surface area contributed by atoms with Gasteiger partial charge in [-0.15, -0.1) is 0 Å². The summed E-state index contributed by atoms with van der Waals surface area (Å²) in [5.74, 6) is 1.72. The normalized spacial score (nSPS) is 19.3. The first-order chi connectivity index (χ1) is 10.1. The largest absolute Gasteiger partial charge is 0.377 e. The van der Waals surface area contributed by atoms with Crippen molar-refractivity contribution in [2.45, 2.75) is 19.9 Å². The Kier molecular flexibility index (Phi) is 3.92.